The molecule has 0 aliphatic rings. The highest BCUT2D eigenvalue weighted by molar-refractivity contribution is 7.99. The summed E-state index contributed by atoms with van der Waals surface area (Å²) < 4.78 is 0. The molecule has 2 aromatic heterocycles. The van der Waals surface area contributed by atoms with Crippen LogP contribution in [0.3, 0.4) is 0 Å². The molecule has 0 aliphatic carbocycles. The number of imidazole rings is 1. The monoisotopic (exact) mass is 330 g/mol. The van der Waals surface area contributed by atoms with Crippen molar-refractivity contribution in [3.8, 4) is 0 Å². The lowest BCUT2D eigenvalue weighted by Gasteiger charge is -1.97. The third-order valence-corrected chi connectivity index (χ3v) is 4.81. The number of hydrazone groups is 1. The highest BCUT2D eigenvalue weighted by atomic mass is 32.2. The lowest BCUT2D eigenvalue weighted by molar-refractivity contribution is -0.118. The van der Waals surface area contributed by atoms with Crippen molar-refractivity contribution in [3.05, 3.63) is 46.2 Å². The normalized spacial score (nSPS) is 11.3. The lowest BCUT2D eigenvalue weighted by Crippen LogP contribution is -2.19. The summed E-state index contributed by atoms with van der Waals surface area (Å²) >= 11 is 2.95. The van der Waals surface area contributed by atoms with E-state index in [4.69, 9.17) is 0 Å². The second-order valence-electron chi connectivity index (χ2n) is 4.61. The molecular formula is C15H14N4OS2. The molecule has 0 saturated carbocycles. The van der Waals surface area contributed by atoms with Crippen molar-refractivity contribution in [2.45, 2.75) is 12.1 Å². The molecule has 112 valence electrons. The van der Waals surface area contributed by atoms with Crippen LogP contribution in [0, 0.1) is 6.92 Å². The van der Waals surface area contributed by atoms with Gasteiger partial charge in [-0.15, -0.1) is 11.3 Å². The first kappa shape index (κ1) is 14.8. The molecule has 0 bridgehead atoms. The number of para-hydroxylation sites is 2. The molecule has 0 radical (unpaired) electrons. The highest BCUT2D eigenvalue weighted by Crippen LogP contribution is 2.18. The van der Waals surface area contributed by atoms with Crippen molar-refractivity contribution in [2.24, 2.45) is 5.10 Å². The molecule has 0 aliphatic heterocycles. The number of H-pyrrole nitrogens is 1. The van der Waals surface area contributed by atoms with Crippen LogP contribution in [0.5, 0.6) is 0 Å². The number of rotatable bonds is 5. The molecule has 2 heterocycles. The van der Waals surface area contributed by atoms with Gasteiger partial charge in [-0.25, -0.2) is 10.4 Å². The van der Waals surface area contributed by atoms with Gasteiger partial charge in [-0.05, 0) is 36.1 Å². The fourth-order valence-corrected chi connectivity index (χ4v) is 3.31. The number of aromatic amines is 1. The first-order chi connectivity index (χ1) is 10.7. The van der Waals surface area contributed by atoms with Crippen molar-refractivity contribution in [1.82, 2.24) is 15.4 Å². The first-order valence-corrected chi connectivity index (χ1v) is 8.52. The van der Waals surface area contributed by atoms with Crippen LogP contribution in [0.25, 0.3) is 11.0 Å². The maximum Gasteiger partial charge on any atom is 0.250 e. The Morgan fingerprint density at radius 1 is 1.45 bits per heavy atom. The Labute approximate surface area is 135 Å². The number of nitrogens with one attached hydrogen (secondary N) is 2. The zero-order valence-electron chi connectivity index (χ0n) is 11.9. The molecule has 0 saturated heterocycles. The van der Waals surface area contributed by atoms with Gasteiger partial charge < -0.3 is 4.98 Å². The number of fused-ring (bicyclic) bond motifs is 1. The summed E-state index contributed by atoms with van der Waals surface area (Å²) in [5.41, 5.74) is 5.55. The van der Waals surface area contributed by atoms with Gasteiger partial charge in [0.2, 0.25) is 0 Å². The fourth-order valence-electron chi connectivity index (χ4n) is 1.84. The zero-order chi connectivity index (χ0) is 15.4. The number of aryl methyl sites for hydroxylation is 1. The first-order valence-electron chi connectivity index (χ1n) is 6.66. The molecule has 0 unspecified atom stereocenters. The van der Waals surface area contributed by atoms with Crippen LogP contribution in [0.2, 0.25) is 0 Å². The third-order valence-electron chi connectivity index (χ3n) is 2.98. The minimum absolute atomic E-state index is 0.157. The van der Waals surface area contributed by atoms with E-state index in [9.17, 15) is 4.79 Å². The van der Waals surface area contributed by atoms with Gasteiger partial charge >= 0.3 is 0 Å². The van der Waals surface area contributed by atoms with Crippen molar-refractivity contribution >= 4 is 46.3 Å². The fraction of sp³-hybridized carbons (Fsp3) is 0.133. The largest absolute Gasteiger partial charge is 0.333 e. The topological polar surface area (TPSA) is 70.1 Å². The predicted octanol–water partition coefficient (Wildman–Crippen LogP) is 3.18. The summed E-state index contributed by atoms with van der Waals surface area (Å²) in [5, 5.41) is 6.70. The van der Waals surface area contributed by atoms with Gasteiger partial charge in [0.15, 0.2) is 5.16 Å². The number of nitrogens with zero attached hydrogens (tertiary/aromatic N) is 2. The Morgan fingerprint density at radius 3 is 3.09 bits per heavy atom. The molecule has 7 heteroatoms. The van der Waals surface area contributed by atoms with E-state index in [-0.39, 0.29) is 11.7 Å². The number of carbonyl (C=O) groups is 1. The maximum absolute atomic E-state index is 11.8. The average molecular weight is 330 g/mol. The number of thioether (sulfide) groups is 1. The number of benzene rings is 1. The standard InChI is InChI=1S/C15H14N4OS2/c1-10-6-7-21-13(10)8-16-19-14(20)9-22-15-17-11-4-2-3-5-12(11)18-15/h2-8H,9H2,1H3,(H,17,18)(H,19,20). The lowest BCUT2D eigenvalue weighted by atomic mass is 10.3. The Bertz CT molecular complexity index is 789. The Kier molecular flexibility index (Phi) is 4.55. The molecular weight excluding hydrogens is 316 g/mol. The van der Waals surface area contributed by atoms with Crippen LogP contribution in [0.1, 0.15) is 10.4 Å². The number of carbonyl (C=O) groups excluding carboxylic acids is 1. The van der Waals surface area contributed by atoms with Crippen LogP contribution in [-0.4, -0.2) is 27.8 Å². The second kappa shape index (κ2) is 6.76. The number of aromatic nitrogens is 2. The summed E-state index contributed by atoms with van der Waals surface area (Å²) in [6.45, 7) is 2.01. The predicted molar refractivity (Wildman–Crippen MR) is 91.6 cm³/mol. The van der Waals surface area contributed by atoms with Gasteiger partial charge in [0.25, 0.3) is 5.91 Å². The van der Waals surface area contributed by atoms with E-state index in [1.54, 1.807) is 17.6 Å². The van der Waals surface area contributed by atoms with Gasteiger partial charge in [-0.2, -0.15) is 5.10 Å². The quantitative estimate of drug-likeness (QED) is 0.429. The van der Waals surface area contributed by atoms with Crippen LogP contribution < -0.4 is 5.43 Å². The van der Waals surface area contributed by atoms with E-state index in [2.05, 4.69) is 20.5 Å². The summed E-state index contributed by atoms with van der Waals surface area (Å²) in [6, 6.07) is 9.80. The van der Waals surface area contributed by atoms with Crippen molar-refractivity contribution in [1.29, 1.82) is 0 Å². The van der Waals surface area contributed by atoms with E-state index in [1.165, 1.54) is 11.8 Å². The molecule has 1 aromatic carbocycles. The number of hydrogen-bond donors (Lipinski definition) is 2. The number of amides is 1. The molecule has 3 rings (SSSR count). The van der Waals surface area contributed by atoms with Crippen LogP contribution in [0.4, 0.5) is 0 Å². The molecule has 5 nitrogen and oxygen atoms in total. The van der Waals surface area contributed by atoms with Crippen molar-refractivity contribution < 1.29 is 4.79 Å². The SMILES string of the molecule is Cc1ccsc1C=NNC(=O)CSc1nc2ccccc2[nH]1. The summed E-state index contributed by atoms with van der Waals surface area (Å²) in [4.78, 5) is 20.4. The minimum Gasteiger partial charge on any atom is -0.333 e. The van der Waals surface area contributed by atoms with Gasteiger partial charge in [-0.1, -0.05) is 23.9 Å². The second-order valence-corrected chi connectivity index (χ2v) is 6.52. The Morgan fingerprint density at radius 2 is 2.32 bits per heavy atom. The van der Waals surface area contributed by atoms with Crippen LogP contribution in [0.15, 0.2) is 46.0 Å². The molecule has 0 fully saturated rings. The smallest absolute Gasteiger partial charge is 0.250 e. The van der Waals surface area contributed by atoms with Crippen LogP contribution in [-0.2, 0) is 4.79 Å². The van der Waals surface area contributed by atoms with Gasteiger partial charge in [0.05, 0.1) is 23.0 Å². The third kappa shape index (κ3) is 3.55. The molecule has 1 amide bonds. The number of hydrogen-bond acceptors (Lipinski definition) is 5. The van der Waals surface area contributed by atoms with Gasteiger partial charge in [0, 0.05) is 4.88 Å². The number of thiophene rings is 1. The Balaban J connectivity index is 1.52. The molecule has 0 atom stereocenters. The van der Waals surface area contributed by atoms with E-state index in [0.717, 1.165) is 26.6 Å². The van der Waals surface area contributed by atoms with Crippen LogP contribution >= 0.6 is 23.1 Å². The van der Waals surface area contributed by atoms with E-state index in [0.29, 0.717) is 0 Å². The average Bonchev–Trinajstić information content (AvgIpc) is 3.11. The minimum atomic E-state index is -0.157. The van der Waals surface area contributed by atoms with E-state index >= 15 is 0 Å². The Hall–Kier alpha value is -2.12. The van der Waals surface area contributed by atoms with Gasteiger partial charge in [0.1, 0.15) is 0 Å². The molecule has 22 heavy (non-hydrogen) atoms. The summed E-state index contributed by atoms with van der Waals surface area (Å²) in [6.07, 6.45) is 1.67. The van der Waals surface area contributed by atoms with Gasteiger partial charge in [-0.3, -0.25) is 4.79 Å². The summed E-state index contributed by atoms with van der Waals surface area (Å²) in [7, 11) is 0. The molecule has 0 spiro atoms. The highest BCUT2D eigenvalue weighted by Gasteiger charge is 2.06. The van der Waals surface area contributed by atoms with E-state index < -0.39 is 0 Å². The summed E-state index contributed by atoms with van der Waals surface area (Å²) in [5.74, 6) is 0.108. The zero-order valence-corrected chi connectivity index (χ0v) is 13.5. The molecule has 2 N–H and O–H groups in total. The van der Waals surface area contributed by atoms with Crippen molar-refractivity contribution in [3.63, 3.8) is 0 Å². The molecule has 3 aromatic rings. The van der Waals surface area contributed by atoms with E-state index in [1.807, 2.05) is 42.6 Å². The van der Waals surface area contributed by atoms with Crippen molar-refractivity contribution in [2.75, 3.05) is 5.75 Å². The maximum atomic E-state index is 11.8.